The first-order valence-corrected chi connectivity index (χ1v) is 4.39. The summed E-state index contributed by atoms with van der Waals surface area (Å²) in [5.74, 6) is 0.787. The molecule has 0 heterocycles. The minimum absolute atomic E-state index is 0.757. The maximum Gasteiger partial charge on any atom is 0.121 e. The molecule has 0 fully saturated rings. The molecule has 62 valence electrons. The first-order valence-electron chi connectivity index (χ1n) is 3.27. The fourth-order valence-electron chi connectivity index (χ4n) is 0.580. The van der Waals surface area contributed by atoms with Crippen LogP contribution in [0.15, 0.2) is 36.1 Å². The van der Waals surface area contributed by atoms with Gasteiger partial charge in [0.15, 0.2) is 0 Å². The highest BCUT2D eigenvalue weighted by Crippen LogP contribution is 2.11. The molecule has 2 heteroatoms. The number of methoxy groups -OCH3 is 1. The van der Waals surface area contributed by atoms with Crippen molar-refractivity contribution in [1.29, 1.82) is 0 Å². The first kappa shape index (κ1) is 10.5. The first-order chi connectivity index (χ1) is 5.11. The highest BCUT2D eigenvalue weighted by atomic mass is 79.9. The van der Waals surface area contributed by atoms with Crippen LogP contribution in [-0.2, 0) is 4.74 Å². The van der Waals surface area contributed by atoms with Crippen LogP contribution in [0.2, 0.25) is 0 Å². The second-order valence-corrected chi connectivity index (χ2v) is 2.85. The van der Waals surface area contributed by atoms with E-state index in [1.807, 2.05) is 13.0 Å². The van der Waals surface area contributed by atoms with Gasteiger partial charge >= 0.3 is 0 Å². The molecule has 0 bridgehead atoms. The molecule has 11 heavy (non-hydrogen) atoms. The Morgan fingerprint density at radius 3 is 2.36 bits per heavy atom. The maximum absolute atomic E-state index is 5.06. The van der Waals surface area contributed by atoms with E-state index in [9.17, 15) is 0 Å². The van der Waals surface area contributed by atoms with Crippen molar-refractivity contribution in [3.05, 3.63) is 36.1 Å². The number of hydrogen-bond acceptors (Lipinski definition) is 1. The molecule has 0 saturated heterocycles. The lowest BCUT2D eigenvalue weighted by Crippen LogP contribution is -1.89. The molecule has 0 aromatic carbocycles. The van der Waals surface area contributed by atoms with Gasteiger partial charge in [0.2, 0.25) is 0 Å². The third-order valence-electron chi connectivity index (χ3n) is 1.15. The van der Waals surface area contributed by atoms with Crippen molar-refractivity contribution in [2.75, 3.05) is 12.4 Å². The van der Waals surface area contributed by atoms with Gasteiger partial charge in [0, 0.05) is 5.33 Å². The van der Waals surface area contributed by atoms with E-state index in [0.717, 1.165) is 22.2 Å². The minimum atomic E-state index is 0.757. The van der Waals surface area contributed by atoms with Crippen LogP contribution in [0.1, 0.15) is 6.92 Å². The minimum Gasteiger partial charge on any atom is -0.497 e. The molecular weight excluding hydrogens is 204 g/mol. The normalized spacial score (nSPS) is 11.0. The molecule has 0 aliphatic heterocycles. The Morgan fingerprint density at radius 1 is 1.55 bits per heavy atom. The summed E-state index contributed by atoms with van der Waals surface area (Å²) in [5, 5.41) is 0.757. The van der Waals surface area contributed by atoms with Crippen molar-refractivity contribution in [1.82, 2.24) is 0 Å². The SMILES string of the molecule is C=C(/C=C(/OC)C(=C)C)CBr. The van der Waals surface area contributed by atoms with Crippen molar-refractivity contribution in [3.63, 3.8) is 0 Å². The third kappa shape index (κ3) is 4.04. The predicted molar refractivity (Wildman–Crippen MR) is 52.8 cm³/mol. The number of hydrogen-bond donors (Lipinski definition) is 0. The van der Waals surface area contributed by atoms with Gasteiger partial charge in [-0.25, -0.2) is 0 Å². The fraction of sp³-hybridized carbons (Fsp3) is 0.333. The molecule has 0 aliphatic rings. The lowest BCUT2D eigenvalue weighted by molar-refractivity contribution is 0.301. The molecular formula is C9H13BrO. The van der Waals surface area contributed by atoms with Crippen LogP contribution in [0.3, 0.4) is 0 Å². The number of alkyl halides is 1. The van der Waals surface area contributed by atoms with Gasteiger partial charge in [-0.2, -0.15) is 0 Å². The smallest absolute Gasteiger partial charge is 0.121 e. The van der Waals surface area contributed by atoms with E-state index in [2.05, 4.69) is 29.1 Å². The summed E-state index contributed by atoms with van der Waals surface area (Å²) < 4.78 is 5.06. The Bertz CT molecular complexity index is 192. The summed E-state index contributed by atoms with van der Waals surface area (Å²) in [6.07, 6.45) is 1.87. The second kappa shape index (κ2) is 5.19. The number of halogens is 1. The van der Waals surface area contributed by atoms with E-state index in [1.54, 1.807) is 7.11 Å². The van der Waals surface area contributed by atoms with E-state index in [0.29, 0.717) is 0 Å². The van der Waals surface area contributed by atoms with Crippen LogP contribution >= 0.6 is 15.9 Å². The van der Waals surface area contributed by atoms with Gasteiger partial charge in [-0.15, -0.1) is 0 Å². The summed E-state index contributed by atoms with van der Waals surface area (Å²) in [5.41, 5.74) is 1.89. The van der Waals surface area contributed by atoms with E-state index in [1.165, 1.54) is 0 Å². The molecule has 0 N–H and O–H groups in total. The molecule has 0 unspecified atom stereocenters. The third-order valence-corrected chi connectivity index (χ3v) is 1.87. The molecule has 0 atom stereocenters. The molecule has 0 aliphatic carbocycles. The maximum atomic E-state index is 5.06. The van der Waals surface area contributed by atoms with Gasteiger partial charge in [-0.05, 0) is 24.1 Å². The van der Waals surface area contributed by atoms with Crippen molar-refractivity contribution < 1.29 is 4.74 Å². The summed E-state index contributed by atoms with van der Waals surface area (Å²) >= 11 is 3.29. The molecule has 0 spiro atoms. The van der Waals surface area contributed by atoms with Gasteiger partial charge in [-0.1, -0.05) is 29.1 Å². The molecule has 0 radical (unpaired) electrons. The van der Waals surface area contributed by atoms with Crippen molar-refractivity contribution in [3.8, 4) is 0 Å². The second-order valence-electron chi connectivity index (χ2n) is 2.28. The molecule has 0 aromatic rings. The fourth-order valence-corrected chi connectivity index (χ4v) is 0.742. The Balaban J connectivity index is 4.35. The molecule has 0 saturated carbocycles. The van der Waals surface area contributed by atoms with Crippen LogP contribution in [0.25, 0.3) is 0 Å². The van der Waals surface area contributed by atoms with Crippen LogP contribution in [0.5, 0.6) is 0 Å². The van der Waals surface area contributed by atoms with E-state index < -0.39 is 0 Å². The van der Waals surface area contributed by atoms with Crippen LogP contribution < -0.4 is 0 Å². The van der Waals surface area contributed by atoms with E-state index in [4.69, 9.17) is 4.74 Å². The lowest BCUT2D eigenvalue weighted by Gasteiger charge is -2.04. The number of allylic oxidation sites excluding steroid dienone is 3. The van der Waals surface area contributed by atoms with Gasteiger partial charge in [0.05, 0.1) is 7.11 Å². The zero-order chi connectivity index (χ0) is 8.85. The van der Waals surface area contributed by atoms with Crippen LogP contribution in [-0.4, -0.2) is 12.4 Å². The number of ether oxygens (including phenoxy) is 1. The summed E-state index contributed by atoms with van der Waals surface area (Å²) in [4.78, 5) is 0. The Hall–Kier alpha value is -0.500. The van der Waals surface area contributed by atoms with Gasteiger partial charge in [0.1, 0.15) is 5.76 Å². The Kier molecular flexibility index (Phi) is 4.95. The average Bonchev–Trinajstić information content (AvgIpc) is 1.99. The topological polar surface area (TPSA) is 9.23 Å². The highest BCUT2D eigenvalue weighted by Gasteiger charge is 1.96. The average molecular weight is 217 g/mol. The van der Waals surface area contributed by atoms with Gasteiger partial charge in [-0.3, -0.25) is 0 Å². The summed E-state index contributed by atoms with van der Waals surface area (Å²) in [6.45, 7) is 9.46. The summed E-state index contributed by atoms with van der Waals surface area (Å²) in [7, 11) is 1.63. The van der Waals surface area contributed by atoms with Crippen molar-refractivity contribution in [2.24, 2.45) is 0 Å². The monoisotopic (exact) mass is 216 g/mol. The highest BCUT2D eigenvalue weighted by molar-refractivity contribution is 9.09. The molecule has 0 amide bonds. The van der Waals surface area contributed by atoms with Gasteiger partial charge in [0.25, 0.3) is 0 Å². The van der Waals surface area contributed by atoms with Crippen molar-refractivity contribution in [2.45, 2.75) is 6.92 Å². The summed E-state index contributed by atoms with van der Waals surface area (Å²) in [6, 6.07) is 0. The molecule has 0 aromatic heterocycles. The standard InChI is InChI=1S/C9H13BrO/c1-7(2)9(11-4)5-8(3)6-10/h5H,1,3,6H2,2,4H3/b9-5+. The molecule has 0 rings (SSSR count). The van der Waals surface area contributed by atoms with E-state index >= 15 is 0 Å². The predicted octanol–water partition coefficient (Wildman–Crippen LogP) is 3.04. The Morgan fingerprint density at radius 2 is 2.09 bits per heavy atom. The molecule has 1 nitrogen and oxygen atoms in total. The van der Waals surface area contributed by atoms with Gasteiger partial charge < -0.3 is 4.74 Å². The zero-order valence-electron chi connectivity index (χ0n) is 6.98. The number of rotatable bonds is 4. The van der Waals surface area contributed by atoms with Crippen LogP contribution in [0, 0.1) is 0 Å². The zero-order valence-corrected chi connectivity index (χ0v) is 8.57. The Labute approximate surface area is 76.6 Å². The van der Waals surface area contributed by atoms with Crippen LogP contribution in [0.4, 0.5) is 0 Å². The van der Waals surface area contributed by atoms with Crippen molar-refractivity contribution >= 4 is 15.9 Å². The van der Waals surface area contributed by atoms with E-state index in [-0.39, 0.29) is 0 Å². The lowest BCUT2D eigenvalue weighted by atomic mass is 10.2. The quantitative estimate of drug-likeness (QED) is 0.399. The largest absolute Gasteiger partial charge is 0.497 e.